The lowest BCUT2D eigenvalue weighted by atomic mass is 10.1. The van der Waals surface area contributed by atoms with Gasteiger partial charge in [-0.05, 0) is 41.7 Å². The van der Waals surface area contributed by atoms with Crippen molar-refractivity contribution in [1.82, 2.24) is 43.4 Å². The van der Waals surface area contributed by atoms with Crippen molar-refractivity contribution in [3.63, 3.8) is 0 Å². The quantitative estimate of drug-likeness (QED) is 0.150. The summed E-state index contributed by atoms with van der Waals surface area (Å²) in [6.45, 7) is 0.587. The van der Waals surface area contributed by atoms with Crippen molar-refractivity contribution < 1.29 is 46.2 Å². The van der Waals surface area contributed by atoms with Crippen molar-refractivity contribution >= 4 is 79.3 Å². The number of H-pyrrole nitrogens is 1. The van der Waals surface area contributed by atoms with E-state index in [1.54, 1.807) is 15.2 Å². The number of alkyl halides is 1. The number of nitrogen functional groups attached to an aromatic ring is 1. The lowest BCUT2D eigenvalue weighted by molar-refractivity contribution is -0.0602. The zero-order valence-electron chi connectivity index (χ0n) is 29.3. The first-order chi connectivity index (χ1) is 25.3. The number of halogens is 1. The number of anilines is 1. The third kappa shape index (κ3) is 6.68. The molecule has 3 aliphatic heterocycles. The zero-order valence-corrected chi connectivity index (χ0v) is 33.7. The number of aromatic nitrogens is 9. The van der Waals surface area contributed by atoms with Crippen molar-refractivity contribution in [1.29, 1.82) is 0 Å². The highest BCUT2D eigenvalue weighted by Gasteiger charge is 2.55. The zero-order chi connectivity index (χ0) is 38.5. The summed E-state index contributed by atoms with van der Waals surface area (Å²) in [6.07, 6.45) is -3.74. The van der Waals surface area contributed by atoms with Crippen LogP contribution in [0.2, 0.25) is 18.1 Å². The molecule has 0 spiro atoms. The summed E-state index contributed by atoms with van der Waals surface area (Å²) in [5.74, 6) is 0.312. The second-order valence-corrected chi connectivity index (χ2v) is 24.9. The van der Waals surface area contributed by atoms with Crippen molar-refractivity contribution in [2.75, 3.05) is 18.9 Å². The summed E-state index contributed by atoms with van der Waals surface area (Å²) in [5, 5.41) is -0.313. The molecule has 54 heavy (non-hydrogen) atoms. The number of rotatable bonds is 4. The van der Waals surface area contributed by atoms with Gasteiger partial charge in [0.15, 0.2) is 49.6 Å². The van der Waals surface area contributed by atoms with Crippen LogP contribution in [0.25, 0.3) is 28.1 Å². The van der Waals surface area contributed by atoms with Crippen molar-refractivity contribution in [2.24, 2.45) is 0 Å². The minimum atomic E-state index is -4.28. The van der Waals surface area contributed by atoms with E-state index in [0.29, 0.717) is 5.65 Å². The van der Waals surface area contributed by atoms with Crippen molar-refractivity contribution in [3.05, 3.63) is 41.7 Å². The normalized spacial score (nSPS) is 34.2. The van der Waals surface area contributed by atoms with Crippen LogP contribution in [0, 0.1) is 0 Å². The number of fused-ring (bicyclic) bond motifs is 7. The van der Waals surface area contributed by atoms with Crippen LogP contribution in [0.15, 0.2) is 36.2 Å². The lowest BCUT2D eigenvalue weighted by Crippen LogP contribution is -2.50. The van der Waals surface area contributed by atoms with Gasteiger partial charge in [0.2, 0.25) is 5.78 Å². The minimum Gasteiger partial charge on any atom is -0.408 e. The standard InChI is InChI=1S/C28H37FN10O10P2S2Si/c1-28(2,3)54(4,5)49-19-14-9-44-50(41,52)47-18-13(45-25(15(18)29)38-11-34-16-21(30)32-10-33-22(16)38)8-43-51(42,53)48-20(19)26(46-14)39-12-35-17-23(40)36-27-31-6-7-37(27)24(17)39/h6-7,10-15,18-20,25-26H,8-9H2,1-5H3,(H,41,52)(H,42,53)(H2,30,32,33)(H,31,36,40)/t13-,14-,15-,18-,19-,20-,25-,26-,50?,51?/m1/s1. The third-order valence-corrected chi connectivity index (χ3v) is 17.7. The molecule has 3 saturated heterocycles. The highest BCUT2D eigenvalue weighted by atomic mass is 32.5. The molecule has 2 bridgehead atoms. The van der Waals surface area contributed by atoms with E-state index in [9.17, 15) is 14.6 Å². The predicted octanol–water partition coefficient (Wildman–Crippen LogP) is 2.57. The number of imidazole rings is 3. The first-order valence-electron chi connectivity index (χ1n) is 16.6. The molecule has 5 N–H and O–H groups in total. The van der Waals surface area contributed by atoms with Gasteiger partial charge in [-0.1, -0.05) is 20.8 Å². The smallest absolute Gasteiger partial charge is 0.325 e. The summed E-state index contributed by atoms with van der Waals surface area (Å²) < 4.78 is 64.2. The number of nitrogens with zero attached hydrogens (tertiary/aromatic N) is 8. The second-order valence-electron chi connectivity index (χ2n) is 14.6. The van der Waals surface area contributed by atoms with Crippen LogP contribution in [0.3, 0.4) is 0 Å². The average Bonchev–Trinajstić information content (AvgIpc) is 3.91. The van der Waals surface area contributed by atoms with E-state index in [2.05, 4.69) is 29.9 Å². The highest BCUT2D eigenvalue weighted by molar-refractivity contribution is 8.07. The molecule has 0 radical (unpaired) electrons. The molecule has 0 aliphatic carbocycles. The topological polar surface area (TPSA) is 243 Å². The first kappa shape index (κ1) is 38.2. The summed E-state index contributed by atoms with van der Waals surface area (Å²) in [4.78, 5) is 59.6. The van der Waals surface area contributed by atoms with E-state index in [1.165, 1.54) is 29.7 Å². The molecule has 292 valence electrons. The molecule has 0 amide bonds. The Hall–Kier alpha value is -2.67. The van der Waals surface area contributed by atoms with Crippen molar-refractivity contribution in [2.45, 2.75) is 88.1 Å². The van der Waals surface area contributed by atoms with Crippen LogP contribution in [-0.2, 0) is 55.6 Å². The van der Waals surface area contributed by atoms with Gasteiger partial charge in [0.05, 0.1) is 25.9 Å². The van der Waals surface area contributed by atoms with Gasteiger partial charge in [-0.25, -0.2) is 29.3 Å². The Morgan fingerprint density at radius 3 is 2.33 bits per heavy atom. The van der Waals surface area contributed by atoms with Gasteiger partial charge in [-0.2, -0.15) is 0 Å². The monoisotopic (exact) mass is 846 g/mol. The summed E-state index contributed by atoms with van der Waals surface area (Å²) in [5.41, 5.74) is 6.18. The second kappa shape index (κ2) is 13.5. The van der Waals surface area contributed by atoms with E-state index >= 15 is 4.39 Å². The van der Waals surface area contributed by atoms with Gasteiger partial charge in [-0.15, -0.1) is 0 Å². The van der Waals surface area contributed by atoms with Gasteiger partial charge in [0.25, 0.3) is 5.56 Å². The number of ether oxygens (including phenoxy) is 2. The van der Waals surface area contributed by atoms with E-state index in [4.69, 9.17) is 61.3 Å². The third-order valence-electron chi connectivity index (χ3n) is 10.1. The van der Waals surface area contributed by atoms with Gasteiger partial charge >= 0.3 is 13.4 Å². The maximum Gasteiger partial charge on any atom is 0.325 e. The van der Waals surface area contributed by atoms with Crippen LogP contribution in [0.4, 0.5) is 10.2 Å². The van der Waals surface area contributed by atoms with Crippen LogP contribution < -0.4 is 11.3 Å². The summed E-state index contributed by atoms with van der Waals surface area (Å²) in [7, 11) is -2.67. The number of hydrogen-bond acceptors (Lipinski definition) is 16. The van der Waals surface area contributed by atoms with Crippen LogP contribution in [0.5, 0.6) is 0 Å². The Balaban J connectivity index is 1.18. The van der Waals surface area contributed by atoms with E-state index < -0.39 is 89.7 Å². The number of nitrogens with one attached hydrogen (secondary N) is 1. The molecular formula is C28H37FN10O10P2S2Si. The molecule has 20 nitrogen and oxygen atoms in total. The highest BCUT2D eigenvalue weighted by Crippen LogP contribution is 2.55. The molecule has 5 aromatic heterocycles. The molecule has 0 saturated carbocycles. The molecule has 10 atom stereocenters. The molecular weight excluding hydrogens is 810 g/mol. The number of hydrogen-bond donors (Lipinski definition) is 4. The summed E-state index contributed by atoms with van der Waals surface area (Å²) in [6, 6.07) is 0. The molecule has 26 heteroatoms. The fraction of sp³-hybridized carbons (Fsp3) is 0.571. The van der Waals surface area contributed by atoms with Gasteiger partial charge < -0.3 is 38.5 Å². The van der Waals surface area contributed by atoms with Crippen molar-refractivity contribution in [3.8, 4) is 0 Å². The molecule has 8 heterocycles. The van der Waals surface area contributed by atoms with E-state index in [-0.39, 0.29) is 33.3 Å². The fourth-order valence-corrected chi connectivity index (χ4v) is 10.6. The minimum absolute atomic E-state index is 0.0670. The molecule has 2 unspecified atom stereocenters. The molecule has 3 fully saturated rings. The summed E-state index contributed by atoms with van der Waals surface area (Å²) >= 11 is 11.0. The molecule has 3 aliphatic rings. The predicted molar refractivity (Wildman–Crippen MR) is 198 cm³/mol. The Morgan fingerprint density at radius 2 is 1.61 bits per heavy atom. The molecule has 0 aromatic carbocycles. The Kier molecular flexibility index (Phi) is 9.54. The first-order valence-corrected chi connectivity index (χ1v) is 24.7. The van der Waals surface area contributed by atoms with Gasteiger partial charge in [-0.3, -0.25) is 32.4 Å². The van der Waals surface area contributed by atoms with E-state index in [0.717, 1.165) is 0 Å². The fourth-order valence-electron chi connectivity index (χ4n) is 6.44. The number of nitrogens with two attached hydrogens (primary N) is 1. The van der Waals surface area contributed by atoms with Gasteiger partial charge in [0.1, 0.15) is 42.4 Å². The Morgan fingerprint density at radius 1 is 0.963 bits per heavy atom. The number of aromatic amines is 1. The Labute approximate surface area is 316 Å². The van der Waals surface area contributed by atoms with Gasteiger partial charge in [0, 0.05) is 12.4 Å². The maximum atomic E-state index is 16.4. The SMILES string of the molecule is CC(C)(C)[Si](C)(C)O[C@H]1[C@H]2OP(O)(=S)OC[C@H]3O[C@@H](n4cnc5c(N)ncnc54)[C@H](F)[C@@H]3OP(O)(=S)OC[C@H]1O[C@H]2n1cnc2c(=O)[nH]c3nccn3c21. The largest absolute Gasteiger partial charge is 0.408 e. The lowest BCUT2D eigenvalue weighted by Gasteiger charge is -2.40. The maximum absolute atomic E-state index is 16.4. The van der Waals surface area contributed by atoms with Crippen LogP contribution >= 0.6 is 13.4 Å². The van der Waals surface area contributed by atoms with Crippen LogP contribution in [-0.4, -0.2) is 111 Å². The molecule has 5 aromatic rings. The molecule has 8 rings (SSSR count). The van der Waals surface area contributed by atoms with Crippen LogP contribution in [0.1, 0.15) is 33.2 Å². The van der Waals surface area contributed by atoms with E-state index in [1.807, 2.05) is 33.9 Å². The Bertz CT molecular complexity index is 2410. The average molecular weight is 847 g/mol.